The maximum Gasteiger partial charge on any atom is 0.133 e. The Balaban J connectivity index is 1.67. The third kappa shape index (κ3) is 4.85. The van der Waals surface area contributed by atoms with E-state index in [0.29, 0.717) is 25.7 Å². The van der Waals surface area contributed by atoms with Crippen LogP contribution in [0.15, 0.2) is 0 Å². The third-order valence-electron chi connectivity index (χ3n) is 5.31. The minimum absolute atomic E-state index is 0.211. The summed E-state index contributed by atoms with van der Waals surface area (Å²) in [5.41, 5.74) is -1.18. The number of ketones is 1. The topological polar surface area (TPSA) is 57.5 Å². The first-order chi connectivity index (χ1) is 9.52. The van der Waals surface area contributed by atoms with Crippen molar-refractivity contribution in [1.29, 1.82) is 0 Å². The molecule has 3 heteroatoms. The van der Waals surface area contributed by atoms with Gasteiger partial charge in [0.05, 0.1) is 11.2 Å². The molecule has 20 heavy (non-hydrogen) atoms. The van der Waals surface area contributed by atoms with E-state index in [4.69, 9.17) is 0 Å². The van der Waals surface area contributed by atoms with Crippen molar-refractivity contribution in [2.45, 2.75) is 101 Å². The highest BCUT2D eigenvalue weighted by Crippen LogP contribution is 2.34. The molecule has 3 nitrogen and oxygen atoms in total. The molecule has 0 saturated heterocycles. The van der Waals surface area contributed by atoms with Gasteiger partial charge in [-0.2, -0.15) is 0 Å². The molecule has 0 spiro atoms. The Kier molecular flexibility index (Phi) is 5.62. The number of carbonyl (C=O) groups is 1. The molecule has 2 rings (SSSR count). The normalized spacial score (nSPS) is 25.3. The van der Waals surface area contributed by atoms with Crippen molar-refractivity contribution < 1.29 is 15.0 Å². The molecule has 0 atom stereocenters. The molecule has 0 aromatic heterocycles. The van der Waals surface area contributed by atoms with Crippen LogP contribution in [0.4, 0.5) is 0 Å². The van der Waals surface area contributed by atoms with Crippen molar-refractivity contribution in [3.05, 3.63) is 0 Å². The molecule has 2 aliphatic rings. The highest BCUT2D eigenvalue weighted by molar-refractivity contribution is 5.78. The summed E-state index contributed by atoms with van der Waals surface area (Å²) in [6.07, 6.45) is 12.4. The number of hydrogen-bond acceptors (Lipinski definition) is 3. The van der Waals surface area contributed by atoms with Crippen LogP contribution in [-0.2, 0) is 4.79 Å². The van der Waals surface area contributed by atoms with Gasteiger partial charge in [-0.05, 0) is 38.5 Å². The molecule has 2 aliphatic carbocycles. The van der Waals surface area contributed by atoms with Crippen LogP contribution in [0.2, 0.25) is 0 Å². The van der Waals surface area contributed by atoms with Gasteiger partial charge >= 0.3 is 0 Å². The summed E-state index contributed by atoms with van der Waals surface area (Å²) in [6.45, 7) is 0. The quantitative estimate of drug-likeness (QED) is 0.784. The van der Waals surface area contributed by atoms with Crippen molar-refractivity contribution in [3.63, 3.8) is 0 Å². The summed E-state index contributed by atoms with van der Waals surface area (Å²) in [6, 6.07) is 0. The van der Waals surface area contributed by atoms with Gasteiger partial charge in [0, 0.05) is 12.8 Å². The third-order valence-corrected chi connectivity index (χ3v) is 5.31. The molecule has 0 amide bonds. The van der Waals surface area contributed by atoms with Gasteiger partial charge in [-0.15, -0.1) is 0 Å². The summed E-state index contributed by atoms with van der Waals surface area (Å²) in [7, 11) is 0. The monoisotopic (exact) mass is 282 g/mol. The van der Waals surface area contributed by atoms with Crippen LogP contribution < -0.4 is 0 Å². The van der Waals surface area contributed by atoms with Gasteiger partial charge < -0.3 is 10.2 Å². The average molecular weight is 282 g/mol. The Morgan fingerprint density at radius 2 is 1.05 bits per heavy atom. The van der Waals surface area contributed by atoms with E-state index in [1.807, 2.05) is 0 Å². The lowest BCUT2D eigenvalue weighted by Crippen LogP contribution is -2.33. The predicted octanol–water partition coefficient (Wildman–Crippen LogP) is 3.51. The molecule has 2 N–H and O–H groups in total. The van der Waals surface area contributed by atoms with Crippen molar-refractivity contribution in [3.8, 4) is 0 Å². The molecular weight excluding hydrogens is 252 g/mol. The first kappa shape index (κ1) is 16.0. The van der Waals surface area contributed by atoms with Gasteiger partial charge in [-0.25, -0.2) is 0 Å². The Hall–Kier alpha value is -0.410. The molecule has 0 aromatic carbocycles. The zero-order chi connectivity index (χ0) is 14.5. The molecule has 116 valence electrons. The van der Waals surface area contributed by atoms with Crippen LogP contribution >= 0.6 is 0 Å². The summed E-state index contributed by atoms with van der Waals surface area (Å²) < 4.78 is 0. The zero-order valence-corrected chi connectivity index (χ0v) is 12.7. The van der Waals surface area contributed by atoms with Gasteiger partial charge in [0.1, 0.15) is 5.78 Å². The Morgan fingerprint density at radius 1 is 0.700 bits per heavy atom. The summed E-state index contributed by atoms with van der Waals surface area (Å²) in [5.74, 6) is 0.211. The van der Waals surface area contributed by atoms with E-state index >= 15 is 0 Å². The first-order valence-electron chi connectivity index (χ1n) is 8.48. The maximum atomic E-state index is 12.0. The lowest BCUT2D eigenvalue weighted by molar-refractivity contribution is -0.122. The molecule has 0 radical (unpaired) electrons. The van der Waals surface area contributed by atoms with Crippen molar-refractivity contribution in [2.24, 2.45) is 0 Å². The number of rotatable bonds is 6. The van der Waals surface area contributed by atoms with Crippen LogP contribution in [0, 0.1) is 0 Å². The first-order valence-corrected chi connectivity index (χ1v) is 8.48. The van der Waals surface area contributed by atoms with Crippen LogP contribution in [-0.4, -0.2) is 27.2 Å². The Bertz CT molecular complexity index is 282. The largest absolute Gasteiger partial charge is 0.390 e. The van der Waals surface area contributed by atoms with Crippen molar-refractivity contribution >= 4 is 5.78 Å². The number of carbonyl (C=O) groups excluding carboxylic acids is 1. The standard InChI is InChI=1S/C17H30O3/c18-15(7-13-16(19)9-3-1-4-10-16)8-14-17(20)11-5-2-6-12-17/h19-20H,1-14H2. The average Bonchev–Trinajstić information content (AvgIpc) is 2.45. The summed E-state index contributed by atoms with van der Waals surface area (Å²) in [4.78, 5) is 12.0. The number of aliphatic hydroxyl groups is 2. The molecule has 2 saturated carbocycles. The second-order valence-electron chi connectivity index (χ2n) is 7.11. The molecule has 0 heterocycles. The maximum absolute atomic E-state index is 12.0. The van der Waals surface area contributed by atoms with E-state index in [-0.39, 0.29) is 5.78 Å². The molecule has 0 unspecified atom stereocenters. The van der Waals surface area contributed by atoms with E-state index < -0.39 is 11.2 Å². The molecule has 2 fully saturated rings. The molecule has 0 aliphatic heterocycles. The van der Waals surface area contributed by atoms with Crippen molar-refractivity contribution in [1.82, 2.24) is 0 Å². The van der Waals surface area contributed by atoms with Gasteiger partial charge in [0.15, 0.2) is 0 Å². The smallest absolute Gasteiger partial charge is 0.133 e. The van der Waals surface area contributed by atoms with Crippen LogP contribution in [0.5, 0.6) is 0 Å². The van der Waals surface area contributed by atoms with Crippen LogP contribution in [0.1, 0.15) is 89.9 Å². The number of Topliss-reactive ketones (excluding diaryl/α,β-unsaturated/α-hetero) is 1. The zero-order valence-electron chi connectivity index (χ0n) is 12.7. The summed E-state index contributed by atoms with van der Waals surface area (Å²) >= 11 is 0. The highest BCUT2D eigenvalue weighted by Gasteiger charge is 2.31. The van der Waals surface area contributed by atoms with E-state index in [1.54, 1.807) is 0 Å². The van der Waals surface area contributed by atoms with Crippen LogP contribution in [0.3, 0.4) is 0 Å². The van der Waals surface area contributed by atoms with Gasteiger partial charge in [-0.1, -0.05) is 38.5 Å². The van der Waals surface area contributed by atoms with E-state index in [0.717, 1.165) is 51.4 Å². The highest BCUT2D eigenvalue weighted by atomic mass is 16.3. The predicted molar refractivity (Wildman–Crippen MR) is 79.5 cm³/mol. The lowest BCUT2D eigenvalue weighted by Gasteiger charge is -2.33. The van der Waals surface area contributed by atoms with E-state index in [2.05, 4.69) is 0 Å². The van der Waals surface area contributed by atoms with E-state index in [9.17, 15) is 15.0 Å². The number of hydrogen-bond donors (Lipinski definition) is 2. The van der Waals surface area contributed by atoms with Gasteiger partial charge in [-0.3, -0.25) is 4.79 Å². The minimum atomic E-state index is -0.588. The van der Waals surface area contributed by atoms with Crippen LogP contribution in [0.25, 0.3) is 0 Å². The van der Waals surface area contributed by atoms with Gasteiger partial charge in [0.2, 0.25) is 0 Å². The lowest BCUT2D eigenvalue weighted by atomic mass is 9.79. The van der Waals surface area contributed by atoms with Gasteiger partial charge in [0.25, 0.3) is 0 Å². The second kappa shape index (κ2) is 7.04. The Morgan fingerprint density at radius 3 is 1.40 bits per heavy atom. The van der Waals surface area contributed by atoms with E-state index in [1.165, 1.54) is 12.8 Å². The molecule has 0 aromatic rings. The summed E-state index contributed by atoms with van der Waals surface area (Å²) in [5, 5.41) is 20.8. The SMILES string of the molecule is O=C(CCC1(O)CCCCC1)CCC1(O)CCCCC1. The molecule has 0 bridgehead atoms. The molecular formula is C17H30O3. The minimum Gasteiger partial charge on any atom is -0.390 e. The Labute approximate surface area is 122 Å². The second-order valence-corrected chi connectivity index (χ2v) is 7.11. The van der Waals surface area contributed by atoms with Crippen molar-refractivity contribution in [2.75, 3.05) is 0 Å². The fraction of sp³-hybridized carbons (Fsp3) is 0.941. The fourth-order valence-corrected chi connectivity index (χ4v) is 3.79. The fourth-order valence-electron chi connectivity index (χ4n) is 3.79.